The molecular weight excluding hydrogens is 230 g/mol. The van der Waals surface area contributed by atoms with Crippen LogP contribution in [0.2, 0.25) is 0 Å². The van der Waals surface area contributed by atoms with Crippen LogP contribution >= 0.6 is 0 Å². The van der Waals surface area contributed by atoms with Crippen LogP contribution in [0.1, 0.15) is 32.1 Å². The van der Waals surface area contributed by atoms with Crippen molar-refractivity contribution in [1.82, 2.24) is 4.90 Å². The maximum absolute atomic E-state index is 2.51. The summed E-state index contributed by atoms with van der Waals surface area (Å²) in [5.41, 5.74) is 3.23. The summed E-state index contributed by atoms with van der Waals surface area (Å²) < 4.78 is 0. The third-order valence-corrected chi connectivity index (χ3v) is 4.97. The van der Waals surface area contributed by atoms with E-state index in [1.165, 1.54) is 45.2 Å². The molecule has 0 amide bonds. The van der Waals surface area contributed by atoms with E-state index in [-0.39, 0.29) is 0 Å². The van der Waals surface area contributed by atoms with E-state index in [4.69, 9.17) is 0 Å². The average Bonchev–Trinajstić information content (AvgIpc) is 2.64. The SMILES string of the molecule is CN1CCC2CCCC3=C/C=C\C=C/C=C\3C2CC1. The molecule has 0 N–H and O–H groups in total. The highest BCUT2D eigenvalue weighted by Gasteiger charge is 2.31. The minimum Gasteiger partial charge on any atom is -0.306 e. The van der Waals surface area contributed by atoms with Gasteiger partial charge in [0.1, 0.15) is 0 Å². The Morgan fingerprint density at radius 3 is 2.63 bits per heavy atom. The Balaban J connectivity index is 1.93. The molecule has 0 bridgehead atoms. The van der Waals surface area contributed by atoms with Crippen LogP contribution in [-0.4, -0.2) is 25.0 Å². The highest BCUT2D eigenvalue weighted by atomic mass is 15.1. The number of rotatable bonds is 0. The summed E-state index contributed by atoms with van der Waals surface area (Å²) in [6, 6.07) is 0. The van der Waals surface area contributed by atoms with Crippen LogP contribution in [0.3, 0.4) is 0 Å². The molecule has 1 aliphatic heterocycles. The lowest BCUT2D eigenvalue weighted by atomic mass is 9.79. The second-order valence-corrected chi connectivity index (χ2v) is 6.22. The molecule has 3 aliphatic rings. The quantitative estimate of drug-likeness (QED) is 0.629. The predicted molar refractivity (Wildman–Crippen MR) is 82.0 cm³/mol. The minimum atomic E-state index is 0.787. The molecule has 0 spiro atoms. The third-order valence-electron chi connectivity index (χ3n) is 4.97. The molecule has 2 fully saturated rings. The van der Waals surface area contributed by atoms with Gasteiger partial charge in [0.15, 0.2) is 0 Å². The fraction of sp³-hybridized carbons (Fsp3) is 0.556. The van der Waals surface area contributed by atoms with Gasteiger partial charge in [0, 0.05) is 0 Å². The standard InChI is InChI=1S/C18H25N/c1-19-13-11-16-9-6-8-15-7-4-2-3-5-10-17(15)18(16)12-14-19/h2-5,7,10,16,18H,6,8-9,11-14H2,1H3/b3-2?,4-2-,5-3-,7-4?,10-5?,15-7-,17-10+. The molecule has 0 aromatic rings. The molecule has 2 unspecified atom stereocenters. The van der Waals surface area contributed by atoms with Crippen LogP contribution in [0.25, 0.3) is 0 Å². The fourth-order valence-corrected chi connectivity index (χ4v) is 3.86. The smallest absolute Gasteiger partial charge is 0.00159 e. The number of likely N-dealkylation sites (tertiary alicyclic amines) is 1. The molecule has 19 heavy (non-hydrogen) atoms. The first-order valence-electron chi connectivity index (χ1n) is 7.77. The van der Waals surface area contributed by atoms with Crippen LogP contribution < -0.4 is 0 Å². The summed E-state index contributed by atoms with van der Waals surface area (Å²) in [5, 5.41) is 0. The van der Waals surface area contributed by atoms with Crippen molar-refractivity contribution >= 4 is 0 Å². The summed E-state index contributed by atoms with van der Waals surface area (Å²) in [6.45, 7) is 2.54. The molecule has 3 rings (SSSR count). The third kappa shape index (κ3) is 2.92. The van der Waals surface area contributed by atoms with E-state index in [9.17, 15) is 0 Å². The van der Waals surface area contributed by atoms with Crippen molar-refractivity contribution in [2.75, 3.05) is 20.1 Å². The van der Waals surface area contributed by atoms with Gasteiger partial charge in [-0.3, -0.25) is 0 Å². The van der Waals surface area contributed by atoms with E-state index in [0.29, 0.717) is 0 Å². The molecule has 1 saturated heterocycles. The van der Waals surface area contributed by atoms with Crippen molar-refractivity contribution in [1.29, 1.82) is 0 Å². The fourth-order valence-electron chi connectivity index (χ4n) is 3.86. The van der Waals surface area contributed by atoms with Crippen LogP contribution in [0.5, 0.6) is 0 Å². The minimum absolute atomic E-state index is 0.787. The summed E-state index contributed by atoms with van der Waals surface area (Å²) >= 11 is 0. The molecular formula is C18H25N. The summed E-state index contributed by atoms with van der Waals surface area (Å²) in [5.74, 6) is 1.69. The van der Waals surface area contributed by atoms with E-state index in [2.05, 4.69) is 48.4 Å². The van der Waals surface area contributed by atoms with Gasteiger partial charge in [-0.05, 0) is 75.2 Å². The molecule has 0 radical (unpaired) electrons. The highest BCUT2D eigenvalue weighted by Crippen LogP contribution is 2.41. The molecule has 1 saturated carbocycles. The van der Waals surface area contributed by atoms with Crippen LogP contribution in [0.15, 0.2) is 47.6 Å². The van der Waals surface area contributed by atoms with Gasteiger partial charge in [0.2, 0.25) is 0 Å². The van der Waals surface area contributed by atoms with Crippen LogP contribution in [0, 0.1) is 11.8 Å². The largest absolute Gasteiger partial charge is 0.306 e. The zero-order valence-electron chi connectivity index (χ0n) is 12.0. The zero-order valence-corrected chi connectivity index (χ0v) is 12.0. The van der Waals surface area contributed by atoms with Gasteiger partial charge in [-0.2, -0.15) is 0 Å². The predicted octanol–water partition coefficient (Wildman–Crippen LogP) is 4.11. The molecule has 1 nitrogen and oxygen atoms in total. The molecule has 102 valence electrons. The van der Waals surface area contributed by atoms with Gasteiger partial charge < -0.3 is 4.90 Å². The Morgan fingerprint density at radius 2 is 1.74 bits per heavy atom. The Hall–Kier alpha value is -1.08. The first kappa shape index (κ1) is 12.9. The maximum Gasteiger partial charge on any atom is -0.00159 e. The van der Waals surface area contributed by atoms with Crippen molar-refractivity contribution < 1.29 is 0 Å². The summed E-state index contributed by atoms with van der Waals surface area (Å²) in [6.07, 6.45) is 20.3. The number of nitrogens with zero attached hydrogens (tertiary/aromatic N) is 1. The lowest BCUT2D eigenvalue weighted by Gasteiger charge is -2.25. The normalized spacial score (nSPS) is 40.9. The molecule has 1 heteroatoms. The van der Waals surface area contributed by atoms with Crippen molar-refractivity contribution in [3.63, 3.8) is 0 Å². The van der Waals surface area contributed by atoms with Gasteiger partial charge in [0.25, 0.3) is 0 Å². The number of fused-ring (bicyclic) bond motifs is 3. The van der Waals surface area contributed by atoms with Gasteiger partial charge in [-0.25, -0.2) is 0 Å². The Kier molecular flexibility index (Phi) is 4.03. The van der Waals surface area contributed by atoms with Crippen molar-refractivity contribution in [2.24, 2.45) is 11.8 Å². The van der Waals surface area contributed by atoms with Crippen LogP contribution in [0.4, 0.5) is 0 Å². The average molecular weight is 255 g/mol. The zero-order chi connectivity index (χ0) is 13.1. The second-order valence-electron chi connectivity index (χ2n) is 6.22. The Morgan fingerprint density at radius 1 is 0.947 bits per heavy atom. The van der Waals surface area contributed by atoms with E-state index < -0.39 is 0 Å². The first-order valence-corrected chi connectivity index (χ1v) is 7.77. The second kappa shape index (κ2) is 5.92. The summed E-state index contributed by atoms with van der Waals surface area (Å²) in [7, 11) is 2.27. The van der Waals surface area contributed by atoms with Crippen molar-refractivity contribution in [3.8, 4) is 0 Å². The van der Waals surface area contributed by atoms with E-state index in [0.717, 1.165) is 11.8 Å². The van der Waals surface area contributed by atoms with Crippen molar-refractivity contribution in [3.05, 3.63) is 47.6 Å². The maximum atomic E-state index is 2.51. The molecule has 2 atom stereocenters. The van der Waals surface area contributed by atoms with Gasteiger partial charge in [-0.1, -0.05) is 36.5 Å². The number of hydrogen-bond donors (Lipinski definition) is 0. The van der Waals surface area contributed by atoms with Crippen molar-refractivity contribution in [2.45, 2.75) is 32.1 Å². The van der Waals surface area contributed by atoms with Crippen LogP contribution in [-0.2, 0) is 0 Å². The molecule has 1 heterocycles. The van der Waals surface area contributed by atoms with Gasteiger partial charge in [-0.15, -0.1) is 0 Å². The summed E-state index contributed by atoms with van der Waals surface area (Å²) in [4.78, 5) is 2.51. The first-order chi connectivity index (χ1) is 9.34. The highest BCUT2D eigenvalue weighted by molar-refractivity contribution is 5.41. The lowest BCUT2D eigenvalue weighted by Crippen LogP contribution is -2.19. The lowest BCUT2D eigenvalue weighted by molar-refractivity contribution is 0.335. The number of allylic oxidation sites excluding steroid dienone is 8. The molecule has 0 aromatic heterocycles. The Bertz CT molecular complexity index is 439. The van der Waals surface area contributed by atoms with Gasteiger partial charge in [0.05, 0.1) is 0 Å². The van der Waals surface area contributed by atoms with E-state index in [1.807, 2.05) is 0 Å². The van der Waals surface area contributed by atoms with E-state index >= 15 is 0 Å². The molecule has 0 aromatic carbocycles. The number of hydrogen-bond acceptors (Lipinski definition) is 1. The van der Waals surface area contributed by atoms with Gasteiger partial charge >= 0.3 is 0 Å². The van der Waals surface area contributed by atoms with E-state index in [1.54, 1.807) is 11.1 Å². The topological polar surface area (TPSA) is 3.24 Å². The monoisotopic (exact) mass is 255 g/mol. The molecule has 2 aliphatic carbocycles. The Labute approximate surface area is 117 Å².